The van der Waals surface area contributed by atoms with Crippen LogP contribution in [-0.2, 0) is 13.0 Å². The van der Waals surface area contributed by atoms with Crippen LogP contribution >= 0.6 is 22.9 Å². The van der Waals surface area contributed by atoms with Gasteiger partial charge < -0.3 is 5.11 Å². The quantitative estimate of drug-likeness (QED) is 0.721. The molecule has 0 saturated carbocycles. The lowest BCUT2D eigenvalue weighted by molar-refractivity contribution is 0.190. The standard InChI is InChI=1S/C16H18ClN3OS/c17-15-14(20-9-11-22-16(20)18-15)12-19(8-10-21)7-6-13-4-2-1-3-5-13/h1-5,9,11,21H,6-8,10,12H2. The van der Waals surface area contributed by atoms with Crippen LogP contribution in [0.15, 0.2) is 41.9 Å². The normalized spacial score (nSPS) is 11.6. The molecule has 0 radical (unpaired) electrons. The molecule has 0 unspecified atom stereocenters. The number of nitrogens with zero attached hydrogens (tertiary/aromatic N) is 3. The number of halogens is 1. The van der Waals surface area contributed by atoms with Gasteiger partial charge in [0.25, 0.3) is 0 Å². The first-order chi connectivity index (χ1) is 10.8. The molecule has 0 aliphatic rings. The van der Waals surface area contributed by atoms with Crippen LogP contribution in [0.4, 0.5) is 0 Å². The molecule has 4 nitrogen and oxygen atoms in total. The SMILES string of the molecule is OCCN(CCc1ccccc1)Cc1c(Cl)nc2sccn12. The lowest BCUT2D eigenvalue weighted by Crippen LogP contribution is -2.29. The van der Waals surface area contributed by atoms with Crippen LogP contribution in [0.25, 0.3) is 4.96 Å². The van der Waals surface area contributed by atoms with Crippen LogP contribution in [-0.4, -0.2) is 39.1 Å². The van der Waals surface area contributed by atoms with Crippen molar-refractivity contribution in [2.45, 2.75) is 13.0 Å². The van der Waals surface area contributed by atoms with Crippen molar-refractivity contribution in [2.75, 3.05) is 19.7 Å². The number of rotatable bonds is 7. The second-order valence-corrected chi connectivity index (χ2v) is 6.37. The molecule has 3 rings (SSSR count). The van der Waals surface area contributed by atoms with E-state index in [1.807, 2.05) is 22.0 Å². The molecule has 3 aromatic rings. The molecule has 0 atom stereocenters. The van der Waals surface area contributed by atoms with Gasteiger partial charge in [0.05, 0.1) is 12.3 Å². The molecule has 0 bridgehead atoms. The van der Waals surface area contributed by atoms with E-state index in [-0.39, 0.29) is 6.61 Å². The molecule has 6 heteroatoms. The third kappa shape index (κ3) is 3.50. The van der Waals surface area contributed by atoms with E-state index in [1.165, 1.54) is 5.56 Å². The third-order valence-electron chi connectivity index (χ3n) is 3.66. The largest absolute Gasteiger partial charge is 0.395 e. The highest BCUT2D eigenvalue weighted by molar-refractivity contribution is 7.15. The maximum absolute atomic E-state index is 9.31. The zero-order chi connectivity index (χ0) is 15.4. The zero-order valence-electron chi connectivity index (χ0n) is 12.2. The molecule has 0 aliphatic heterocycles. The Hall–Kier alpha value is -1.40. The number of fused-ring (bicyclic) bond motifs is 1. The van der Waals surface area contributed by atoms with Gasteiger partial charge in [-0.3, -0.25) is 9.30 Å². The van der Waals surface area contributed by atoms with Gasteiger partial charge in [-0.05, 0) is 12.0 Å². The topological polar surface area (TPSA) is 40.8 Å². The number of benzene rings is 1. The average Bonchev–Trinajstić information content (AvgIpc) is 3.09. The molecule has 0 spiro atoms. The van der Waals surface area contributed by atoms with E-state index in [0.29, 0.717) is 18.2 Å². The molecule has 22 heavy (non-hydrogen) atoms. The van der Waals surface area contributed by atoms with Gasteiger partial charge in [0, 0.05) is 31.2 Å². The van der Waals surface area contributed by atoms with Gasteiger partial charge in [0.15, 0.2) is 10.1 Å². The summed E-state index contributed by atoms with van der Waals surface area (Å²) in [7, 11) is 0. The van der Waals surface area contributed by atoms with Crippen molar-refractivity contribution in [3.63, 3.8) is 0 Å². The first kappa shape index (κ1) is 15.5. The molecule has 0 aliphatic carbocycles. The number of aliphatic hydroxyl groups excluding tert-OH is 1. The van der Waals surface area contributed by atoms with Crippen molar-refractivity contribution in [1.29, 1.82) is 0 Å². The Morgan fingerprint density at radius 2 is 2.05 bits per heavy atom. The summed E-state index contributed by atoms with van der Waals surface area (Å²) < 4.78 is 2.03. The van der Waals surface area contributed by atoms with Crippen LogP contribution in [0.1, 0.15) is 11.3 Å². The first-order valence-electron chi connectivity index (χ1n) is 7.25. The third-order valence-corrected chi connectivity index (χ3v) is 4.72. The maximum atomic E-state index is 9.31. The maximum Gasteiger partial charge on any atom is 0.195 e. The molecular weight excluding hydrogens is 318 g/mol. The van der Waals surface area contributed by atoms with E-state index in [4.69, 9.17) is 11.6 Å². The molecule has 116 valence electrons. The summed E-state index contributed by atoms with van der Waals surface area (Å²) >= 11 is 7.83. The van der Waals surface area contributed by atoms with E-state index >= 15 is 0 Å². The Morgan fingerprint density at radius 1 is 1.23 bits per heavy atom. The van der Waals surface area contributed by atoms with E-state index < -0.39 is 0 Å². The summed E-state index contributed by atoms with van der Waals surface area (Å²) in [5.74, 6) is 0. The Kier molecular flexibility index (Phi) is 5.10. The minimum atomic E-state index is 0.137. The summed E-state index contributed by atoms with van der Waals surface area (Å²) in [5.41, 5.74) is 2.28. The fourth-order valence-corrected chi connectivity index (χ4v) is 3.52. The monoisotopic (exact) mass is 335 g/mol. The Labute approximate surface area is 138 Å². The first-order valence-corrected chi connectivity index (χ1v) is 8.51. The molecule has 2 aromatic heterocycles. The predicted molar refractivity (Wildman–Crippen MR) is 90.6 cm³/mol. The summed E-state index contributed by atoms with van der Waals surface area (Å²) in [6.45, 7) is 2.32. The van der Waals surface area contributed by atoms with Gasteiger partial charge in [-0.25, -0.2) is 4.98 Å². The highest BCUT2D eigenvalue weighted by Gasteiger charge is 2.15. The molecule has 2 heterocycles. The molecule has 1 N–H and O–H groups in total. The summed E-state index contributed by atoms with van der Waals surface area (Å²) in [6, 6.07) is 10.4. The van der Waals surface area contributed by atoms with Gasteiger partial charge in [0.2, 0.25) is 0 Å². The second kappa shape index (κ2) is 7.24. The van der Waals surface area contributed by atoms with Gasteiger partial charge >= 0.3 is 0 Å². The molecule has 0 fully saturated rings. The lowest BCUT2D eigenvalue weighted by Gasteiger charge is -2.21. The average molecular weight is 336 g/mol. The molecule has 0 saturated heterocycles. The van der Waals surface area contributed by atoms with Gasteiger partial charge in [-0.15, -0.1) is 11.3 Å². The minimum Gasteiger partial charge on any atom is -0.395 e. The van der Waals surface area contributed by atoms with Crippen LogP contribution in [0.5, 0.6) is 0 Å². The van der Waals surface area contributed by atoms with Crippen LogP contribution in [0, 0.1) is 0 Å². The van der Waals surface area contributed by atoms with E-state index in [0.717, 1.165) is 23.6 Å². The van der Waals surface area contributed by atoms with Crippen LogP contribution in [0.3, 0.4) is 0 Å². The van der Waals surface area contributed by atoms with Crippen molar-refractivity contribution >= 4 is 27.9 Å². The van der Waals surface area contributed by atoms with Gasteiger partial charge in [0.1, 0.15) is 0 Å². The summed E-state index contributed by atoms with van der Waals surface area (Å²) in [5, 5.41) is 11.9. The van der Waals surface area contributed by atoms with Crippen LogP contribution in [0.2, 0.25) is 5.15 Å². The van der Waals surface area contributed by atoms with Crippen molar-refractivity contribution in [2.24, 2.45) is 0 Å². The fraction of sp³-hybridized carbons (Fsp3) is 0.312. The minimum absolute atomic E-state index is 0.137. The summed E-state index contributed by atoms with van der Waals surface area (Å²) in [6.07, 6.45) is 2.94. The van der Waals surface area contributed by atoms with Gasteiger partial charge in [-0.1, -0.05) is 41.9 Å². The molecular formula is C16H18ClN3OS. The number of aliphatic hydroxyl groups is 1. The number of hydrogen-bond donors (Lipinski definition) is 1. The van der Waals surface area contributed by atoms with E-state index in [1.54, 1.807) is 11.3 Å². The number of hydrogen-bond acceptors (Lipinski definition) is 4. The number of aromatic nitrogens is 2. The van der Waals surface area contributed by atoms with Crippen molar-refractivity contribution in [1.82, 2.24) is 14.3 Å². The van der Waals surface area contributed by atoms with Crippen molar-refractivity contribution < 1.29 is 5.11 Å². The van der Waals surface area contributed by atoms with Crippen molar-refractivity contribution in [3.8, 4) is 0 Å². The highest BCUT2D eigenvalue weighted by atomic mass is 35.5. The predicted octanol–water partition coefficient (Wildman–Crippen LogP) is 3.09. The Balaban J connectivity index is 1.71. The van der Waals surface area contributed by atoms with E-state index in [2.05, 4.69) is 34.1 Å². The lowest BCUT2D eigenvalue weighted by atomic mass is 10.1. The number of thiazole rings is 1. The van der Waals surface area contributed by atoms with Gasteiger partial charge in [-0.2, -0.15) is 0 Å². The Morgan fingerprint density at radius 3 is 2.82 bits per heavy atom. The molecule has 1 aromatic carbocycles. The van der Waals surface area contributed by atoms with Crippen molar-refractivity contribution in [3.05, 3.63) is 58.3 Å². The highest BCUT2D eigenvalue weighted by Crippen LogP contribution is 2.22. The zero-order valence-corrected chi connectivity index (χ0v) is 13.7. The fourth-order valence-electron chi connectivity index (χ4n) is 2.50. The number of imidazole rings is 1. The smallest absolute Gasteiger partial charge is 0.195 e. The molecule has 0 amide bonds. The van der Waals surface area contributed by atoms with E-state index in [9.17, 15) is 5.11 Å². The van der Waals surface area contributed by atoms with Crippen LogP contribution < -0.4 is 0 Å². The Bertz CT molecular complexity index is 725. The summed E-state index contributed by atoms with van der Waals surface area (Å²) in [4.78, 5) is 7.48. The second-order valence-electron chi connectivity index (χ2n) is 5.14.